The summed E-state index contributed by atoms with van der Waals surface area (Å²) in [6.45, 7) is 4.03. The second-order valence-corrected chi connectivity index (χ2v) is 4.10. The summed E-state index contributed by atoms with van der Waals surface area (Å²) in [6.07, 6.45) is 3.07. The Labute approximate surface area is 98.3 Å². The first-order chi connectivity index (χ1) is 7.58. The first kappa shape index (κ1) is 10.9. The van der Waals surface area contributed by atoms with Crippen LogP contribution in [-0.4, -0.2) is 19.7 Å². The van der Waals surface area contributed by atoms with E-state index in [1.165, 1.54) is 6.20 Å². The molecule has 0 saturated heterocycles. The maximum absolute atomic E-state index is 5.84. The molecular weight excluding hydrogens is 226 g/mol. The van der Waals surface area contributed by atoms with Crippen molar-refractivity contribution in [3.63, 3.8) is 0 Å². The van der Waals surface area contributed by atoms with Crippen molar-refractivity contribution in [2.45, 2.75) is 19.9 Å². The highest BCUT2D eigenvalue weighted by Gasteiger charge is 2.10. The highest BCUT2D eigenvalue weighted by atomic mass is 35.5. The fourth-order valence-electron chi connectivity index (χ4n) is 1.39. The van der Waals surface area contributed by atoms with Gasteiger partial charge in [0.2, 0.25) is 0 Å². The molecule has 84 valence electrons. The number of anilines is 1. The molecule has 0 aromatic carbocycles. The van der Waals surface area contributed by atoms with Gasteiger partial charge in [-0.1, -0.05) is 11.6 Å². The van der Waals surface area contributed by atoms with E-state index in [4.69, 9.17) is 17.3 Å². The number of nitrogens with zero attached hydrogens (tertiary/aromatic N) is 4. The molecule has 0 saturated carbocycles. The standard InChI is InChI=1S/C10H12ClN5/c1-6(2)16-10(12)3-7(15-16)8-4-14-9(11)5-13-8/h3-6H,12H2,1-2H3. The molecule has 0 radical (unpaired) electrons. The summed E-state index contributed by atoms with van der Waals surface area (Å²) in [5, 5.41) is 4.72. The summed E-state index contributed by atoms with van der Waals surface area (Å²) in [4.78, 5) is 8.09. The highest BCUT2D eigenvalue weighted by molar-refractivity contribution is 6.29. The van der Waals surface area contributed by atoms with Crippen molar-refractivity contribution >= 4 is 17.4 Å². The molecule has 0 aliphatic heterocycles. The van der Waals surface area contributed by atoms with Gasteiger partial charge < -0.3 is 5.73 Å². The van der Waals surface area contributed by atoms with E-state index in [1.807, 2.05) is 13.8 Å². The maximum Gasteiger partial charge on any atom is 0.147 e. The molecule has 0 atom stereocenters. The van der Waals surface area contributed by atoms with E-state index in [1.54, 1.807) is 16.9 Å². The van der Waals surface area contributed by atoms with Gasteiger partial charge in [-0.2, -0.15) is 5.10 Å². The number of hydrogen-bond donors (Lipinski definition) is 1. The molecule has 0 spiro atoms. The third-order valence-electron chi connectivity index (χ3n) is 2.14. The Morgan fingerprint density at radius 2 is 2.00 bits per heavy atom. The predicted octanol–water partition coefficient (Wildman–Crippen LogP) is 2.16. The minimum atomic E-state index is 0.217. The molecule has 5 nitrogen and oxygen atoms in total. The second-order valence-electron chi connectivity index (χ2n) is 3.72. The third kappa shape index (κ3) is 1.99. The fourth-order valence-corrected chi connectivity index (χ4v) is 1.49. The minimum Gasteiger partial charge on any atom is -0.384 e. The van der Waals surface area contributed by atoms with Gasteiger partial charge in [-0.05, 0) is 13.8 Å². The second kappa shape index (κ2) is 4.09. The molecule has 2 aromatic heterocycles. The molecule has 0 unspecified atom stereocenters. The Balaban J connectivity index is 2.41. The average molecular weight is 238 g/mol. The van der Waals surface area contributed by atoms with E-state index in [-0.39, 0.29) is 6.04 Å². The number of nitrogens with two attached hydrogens (primary N) is 1. The third-order valence-corrected chi connectivity index (χ3v) is 2.33. The van der Waals surface area contributed by atoms with Gasteiger partial charge in [-0.25, -0.2) is 14.6 Å². The summed E-state index contributed by atoms with van der Waals surface area (Å²) in [5.74, 6) is 0.613. The van der Waals surface area contributed by atoms with Crippen molar-refractivity contribution in [2.75, 3.05) is 5.73 Å². The molecular formula is C10H12ClN5. The van der Waals surface area contributed by atoms with Crippen molar-refractivity contribution in [1.82, 2.24) is 19.7 Å². The van der Waals surface area contributed by atoms with Crippen molar-refractivity contribution < 1.29 is 0 Å². The van der Waals surface area contributed by atoms with E-state index >= 15 is 0 Å². The van der Waals surface area contributed by atoms with E-state index in [0.29, 0.717) is 22.4 Å². The summed E-state index contributed by atoms with van der Waals surface area (Å²) < 4.78 is 1.74. The van der Waals surface area contributed by atoms with E-state index in [2.05, 4.69) is 15.1 Å². The van der Waals surface area contributed by atoms with Crippen LogP contribution in [0.4, 0.5) is 5.82 Å². The van der Waals surface area contributed by atoms with Crippen LogP contribution in [0.1, 0.15) is 19.9 Å². The average Bonchev–Trinajstić information content (AvgIpc) is 2.61. The summed E-state index contributed by atoms with van der Waals surface area (Å²) in [5.41, 5.74) is 7.20. The fraction of sp³-hybridized carbons (Fsp3) is 0.300. The zero-order valence-corrected chi connectivity index (χ0v) is 9.81. The van der Waals surface area contributed by atoms with Crippen LogP contribution in [0.5, 0.6) is 0 Å². The minimum absolute atomic E-state index is 0.217. The van der Waals surface area contributed by atoms with Crippen LogP contribution in [-0.2, 0) is 0 Å². The lowest BCUT2D eigenvalue weighted by atomic mass is 10.3. The number of nitrogen functional groups attached to an aromatic ring is 1. The van der Waals surface area contributed by atoms with Crippen LogP contribution in [0.25, 0.3) is 11.4 Å². The lowest BCUT2D eigenvalue weighted by Crippen LogP contribution is -2.06. The number of halogens is 1. The monoisotopic (exact) mass is 237 g/mol. The molecule has 2 aromatic rings. The van der Waals surface area contributed by atoms with Crippen LogP contribution in [0.15, 0.2) is 18.5 Å². The van der Waals surface area contributed by atoms with Crippen LogP contribution in [0.2, 0.25) is 5.15 Å². The molecule has 6 heteroatoms. The Kier molecular flexibility index (Phi) is 2.78. The highest BCUT2D eigenvalue weighted by Crippen LogP contribution is 2.20. The molecule has 2 N–H and O–H groups in total. The van der Waals surface area contributed by atoms with Gasteiger partial charge in [-0.3, -0.25) is 0 Å². The molecule has 0 amide bonds. The lowest BCUT2D eigenvalue weighted by Gasteiger charge is -2.06. The lowest BCUT2D eigenvalue weighted by molar-refractivity contribution is 0.542. The SMILES string of the molecule is CC(C)n1nc(-c2cnc(Cl)cn2)cc1N. The van der Waals surface area contributed by atoms with Gasteiger partial charge in [0.25, 0.3) is 0 Å². The van der Waals surface area contributed by atoms with Crippen LogP contribution in [0.3, 0.4) is 0 Å². The van der Waals surface area contributed by atoms with E-state index < -0.39 is 0 Å². The van der Waals surface area contributed by atoms with Gasteiger partial charge in [0.05, 0.1) is 12.4 Å². The van der Waals surface area contributed by atoms with Crippen molar-refractivity contribution in [1.29, 1.82) is 0 Å². The van der Waals surface area contributed by atoms with Crippen LogP contribution >= 0.6 is 11.6 Å². The maximum atomic E-state index is 5.84. The van der Waals surface area contributed by atoms with E-state index in [9.17, 15) is 0 Å². The molecule has 0 aliphatic carbocycles. The first-order valence-electron chi connectivity index (χ1n) is 4.91. The quantitative estimate of drug-likeness (QED) is 0.869. The van der Waals surface area contributed by atoms with Gasteiger partial charge in [-0.15, -0.1) is 0 Å². The molecule has 2 rings (SSSR count). The Morgan fingerprint density at radius 3 is 2.50 bits per heavy atom. The molecule has 16 heavy (non-hydrogen) atoms. The molecule has 0 fully saturated rings. The van der Waals surface area contributed by atoms with E-state index in [0.717, 1.165) is 0 Å². The normalized spacial score (nSPS) is 11.0. The largest absolute Gasteiger partial charge is 0.384 e. The predicted molar refractivity (Wildman–Crippen MR) is 63.1 cm³/mol. The van der Waals surface area contributed by atoms with Gasteiger partial charge in [0, 0.05) is 12.1 Å². The Hall–Kier alpha value is -1.62. The Bertz CT molecular complexity index is 488. The number of rotatable bonds is 2. The number of aromatic nitrogens is 4. The first-order valence-corrected chi connectivity index (χ1v) is 5.28. The van der Waals surface area contributed by atoms with Gasteiger partial charge in [0.1, 0.15) is 22.4 Å². The van der Waals surface area contributed by atoms with Gasteiger partial charge >= 0.3 is 0 Å². The summed E-state index contributed by atoms with van der Waals surface area (Å²) in [6, 6.07) is 1.99. The molecule has 0 aliphatic rings. The topological polar surface area (TPSA) is 69.6 Å². The van der Waals surface area contributed by atoms with Crippen molar-refractivity contribution in [3.8, 4) is 11.4 Å². The van der Waals surface area contributed by atoms with Gasteiger partial charge in [0.15, 0.2) is 0 Å². The molecule has 0 bridgehead atoms. The summed E-state index contributed by atoms with van der Waals surface area (Å²) >= 11 is 5.66. The van der Waals surface area contributed by atoms with Crippen LogP contribution < -0.4 is 5.73 Å². The zero-order chi connectivity index (χ0) is 11.7. The van der Waals surface area contributed by atoms with Crippen molar-refractivity contribution in [2.24, 2.45) is 0 Å². The smallest absolute Gasteiger partial charge is 0.147 e. The summed E-state index contributed by atoms with van der Waals surface area (Å²) in [7, 11) is 0. The Morgan fingerprint density at radius 1 is 1.25 bits per heavy atom. The number of hydrogen-bond acceptors (Lipinski definition) is 4. The van der Waals surface area contributed by atoms with Crippen LogP contribution in [0, 0.1) is 0 Å². The van der Waals surface area contributed by atoms with Crippen molar-refractivity contribution in [3.05, 3.63) is 23.6 Å². The molecule has 2 heterocycles. The zero-order valence-electron chi connectivity index (χ0n) is 9.05.